The van der Waals surface area contributed by atoms with Gasteiger partial charge in [-0.2, -0.15) is 0 Å². The second-order valence-corrected chi connectivity index (χ2v) is 6.41. The fourth-order valence-electron chi connectivity index (χ4n) is 3.16. The van der Waals surface area contributed by atoms with Crippen LogP contribution in [0.25, 0.3) is 0 Å². The lowest BCUT2D eigenvalue weighted by Crippen LogP contribution is -2.46. The Hall–Kier alpha value is -2.74. The van der Waals surface area contributed by atoms with Gasteiger partial charge in [-0.15, -0.1) is 0 Å². The van der Waals surface area contributed by atoms with Gasteiger partial charge in [0, 0.05) is 38.7 Å². The van der Waals surface area contributed by atoms with Gasteiger partial charge in [0.2, 0.25) is 5.88 Å². The Morgan fingerprint density at radius 2 is 2.23 bits per heavy atom. The van der Waals surface area contributed by atoms with E-state index in [2.05, 4.69) is 15.0 Å². The summed E-state index contributed by atoms with van der Waals surface area (Å²) in [4.78, 5) is 28.7. The number of rotatable bonds is 6. The van der Waals surface area contributed by atoms with Crippen LogP contribution >= 0.6 is 0 Å². The summed E-state index contributed by atoms with van der Waals surface area (Å²) < 4.78 is 5.43. The third kappa shape index (κ3) is 3.91. The van der Waals surface area contributed by atoms with E-state index in [0.29, 0.717) is 37.6 Å². The van der Waals surface area contributed by atoms with Crippen molar-refractivity contribution in [2.75, 3.05) is 38.2 Å². The normalized spacial score (nSPS) is 19.4. The summed E-state index contributed by atoms with van der Waals surface area (Å²) in [5, 5.41) is 10.9. The molecular weight excluding hydrogens is 334 g/mol. The third-order valence-corrected chi connectivity index (χ3v) is 4.37. The van der Waals surface area contributed by atoms with Gasteiger partial charge in [-0.25, -0.2) is 9.97 Å². The van der Waals surface area contributed by atoms with Gasteiger partial charge in [0.05, 0.1) is 19.3 Å². The van der Waals surface area contributed by atoms with Crippen LogP contribution in [0.2, 0.25) is 0 Å². The lowest BCUT2D eigenvalue weighted by molar-refractivity contribution is 0.0262. The number of aromatic nitrogens is 3. The predicted octanol–water partition coefficient (Wildman–Crippen LogP) is 0.984. The zero-order valence-corrected chi connectivity index (χ0v) is 15.0. The van der Waals surface area contributed by atoms with Gasteiger partial charge in [0.15, 0.2) is 0 Å². The highest BCUT2D eigenvalue weighted by Gasteiger charge is 2.39. The molecule has 8 heteroatoms. The first-order valence-electron chi connectivity index (χ1n) is 8.59. The second-order valence-electron chi connectivity index (χ2n) is 6.41. The summed E-state index contributed by atoms with van der Waals surface area (Å²) in [6, 6.07) is 3.38. The number of carbonyl (C=O) groups excluding carboxylic acids is 1. The van der Waals surface area contributed by atoms with Crippen molar-refractivity contribution >= 4 is 11.7 Å². The highest BCUT2D eigenvalue weighted by Crippen LogP contribution is 2.26. The number of anilines is 1. The molecule has 1 aliphatic heterocycles. The van der Waals surface area contributed by atoms with Crippen LogP contribution in [0.3, 0.4) is 0 Å². The number of carbonyl (C=O) groups is 1. The molecule has 0 aliphatic carbocycles. The van der Waals surface area contributed by atoms with Crippen molar-refractivity contribution in [2.24, 2.45) is 0 Å². The molecular formula is C18H23N5O3. The number of aliphatic hydroxyl groups is 1. The van der Waals surface area contributed by atoms with Gasteiger partial charge in [-0.3, -0.25) is 9.78 Å². The van der Waals surface area contributed by atoms with Crippen molar-refractivity contribution in [1.82, 2.24) is 19.9 Å². The summed E-state index contributed by atoms with van der Waals surface area (Å²) in [6.45, 7) is 3.54. The summed E-state index contributed by atoms with van der Waals surface area (Å²) in [5.41, 5.74) is -0.611. The van der Waals surface area contributed by atoms with Gasteiger partial charge in [-0.05, 0) is 25.5 Å². The lowest BCUT2D eigenvalue weighted by Gasteiger charge is -2.29. The van der Waals surface area contributed by atoms with E-state index in [1.54, 1.807) is 44.0 Å². The summed E-state index contributed by atoms with van der Waals surface area (Å²) in [5.74, 6) is 0.808. The van der Waals surface area contributed by atoms with Crippen molar-refractivity contribution in [1.29, 1.82) is 0 Å². The molecule has 1 N–H and O–H groups in total. The number of amides is 1. The Kier molecular flexibility index (Phi) is 5.32. The molecule has 1 amide bonds. The first kappa shape index (κ1) is 18.1. The van der Waals surface area contributed by atoms with Crippen LogP contribution in [0.5, 0.6) is 5.88 Å². The van der Waals surface area contributed by atoms with Crippen molar-refractivity contribution in [3.8, 4) is 5.88 Å². The molecule has 1 unspecified atom stereocenters. The van der Waals surface area contributed by atoms with Crippen molar-refractivity contribution in [3.63, 3.8) is 0 Å². The topological polar surface area (TPSA) is 91.7 Å². The van der Waals surface area contributed by atoms with Crippen molar-refractivity contribution in [2.45, 2.75) is 18.9 Å². The molecule has 0 radical (unpaired) electrons. The maximum atomic E-state index is 12.8. The second kappa shape index (κ2) is 7.65. The Morgan fingerprint density at radius 3 is 2.96 bits per heavy atom. The molecule has 26 heavy (non-hydrogen) atoms. The number of likely N-dealkylation sites (N-methyl/N-ethyl adjacent to an activating group) is 1. The number of β-amino-alcohol motifs (C(OH)–C–C–N with tert-alkyl or cyclic N) is 1. The van der Waals surface area contributed by atoms with E-state index in [4.69, 9.17) is 4.74 Å². The zero-order chi connectivity index (χ0) is 18.6. The number of pyridine rings is 1. The molecule has 2 aromatic rings. The molecule has 138 valence electrons. The average Bonchev–Trinajstić information content (AvgIpc) is 3.04. The maximum Gasteiger partial charge on any atom is 0.259 e. The monoisotopic (exact) mass is 357 g/mol. The van der Waals surface area contributed by atoms with E-state index in [-0.39, 0.29) is 12.5 Å². The molecule has 3 heterocycles. The van der Waals surface area contributed by atoms with Crippen molar-refractivity contribution in [3.05, 3.63) is 42.5 Å². The summed E-state index contributed by atoms with van der Waals surface area (Å²) in [7, 11) is 1.67. The molecule has 2 aromatic heterocycles. The molecule has 0 aromatic carbocycles. The van der Waals surface area contributed by atoms with E-state index in [0.717, 1.165) is 5.82 Å². The highest BCUT2D eigenvalue weighted by atomic mass is 16.5. The van der Waals surface area contributed by atoms with Gasteiger partial charge in [0.1, 0.15) is 17.0 Å². The molecule has 1 atom stereocenters. The van der Waals surface area contributed by atoms with Crippen LogP contribution in [0, 0.1) is 0 Å². The van der Waals surface area contributed by atoms with Crippen LogP contribution in [0.15, 0.2) is 36.9 Å². The predicted molar refractivity (Wildman–Crippen MR) is 96.2 cm³/mol. The molecule has 3 rings (SSSR count). The Morgan fingerprint density at radius 1 is 1.38 bits per heavy atom. The average molecular weight is 357 g/mol. The van der Waals surface area contributed by atoms with Crippen molar-refractivity contribution < 1.29 is 14.6 Å². The molecule has 1 saturated heterocycles. The van der Waals surface area contributed by atoms with E-state index in [9.17, 15) is 9.90 Å². The molecule has 0 saturated carbocycles. The van der Waals surface area contributed by atoms with Gasteiger partial charge in [0.25, 0.3) is 5.91 Å². The Bertz CT molecular complexity index is 758. The van der Waals surface area contributed by atoms with Crippen LogP contribution in [-0.4, -0.2) is 69.8 Å². The Balaban J connectivity index is 1.68. The first-order chi connectivity index (χ1) is 12.5. The largest absolute Gasteiger partial charge is 0.477 e. The summed E-state index contributed by atoms with van der Waals surface area (Å²) >= 11 is 0. The lowest BCUT2D eigenvalue weighted by atomic mass is 10.0. The fraction of sp³-hybridized carbons (Fsp3) is 0.444. The maximum absolute atomic E-state index is 12.8. The van der Waals surface area contributed by atoms with Gasteiger partial charge in [-0.1, -0.05) is 0 Å². The number of ether oxygens (including phenoxy) is 1. The van der Waals surface area contributed by atoms with E-state index < -0.39 is 5.60 Å². The summed E-state index contributed by atoms with van der Waals surface area (Å²) in [6.07, 6.45) is 7.05. The molecule has 0 spiro atoms. The number of hydrogen-bond donors (Lipinski definition) is 1. The first-order valence-corrected chi connectivity index (χ1v) is 8.59. The quantitative estimate of drug-likeness (QED) is 0.824. The third-order valence-electron chi connectivity index (χ3n) is 4.37. The molecule has 0 bridgehead atoms. The number of nitrogens with zero attached hydrogens (tertiary/aromatic N) is 5. The van der Waals surface area contributed by atoms with Crippen LogP contribution in [0.1, 0.15) is 23.7 Å². The standard InChI is InChI=1S/C18H23N5O3/c1-3-26-16-14(5-4-7-21-16)17(24)22(2)12-18(25)6-10-23(13-18)15-11-19-8-9-20-15/h4-5,7-9,11,25H,3,6,10,12-13H2,1-2H3. The van der Waals surface area contributed by atoms with E-state index in [1.165, 1.54) is 4.90 Å². The fourth-order valence-corrected chi connectivity index (χ4v) is 3.16. The SMILES string of the molecule is CCOc1ncccc1C(=O)N(C)CC1(O)CCN(c2cnccn2)C1. The zero-order valence-electron chi connectivity index (χ0n) is 15.0. The van der Waals surface area contributed by atoms with Gasteiger partial charge < -0.3 is 19.6 Å². The van der Waals surface area contributed by atoms with Crippen LogP contribution < -0.4 is 9.64 Å². The number of hydrogen-bond acceptors (Lipinski definition) is 7. The van der Waals surface area contributed by atoms with E-state index in [1.807, 2.05) is 11.8 Å². The van der Waals surface area contributed by atoms with Gasteiger partial charge >= 0.3 is 0 Å². The minimum atomic E-state index is -1.00. The molecule has 1 fully saturated rings. The molecule has 1 aliphatic rings. The van der Waals surface area contributed by atoms with E-state index >= 15 is 0 Å². The minimum Gasteiger partial charge on any atom is -0.477 e. The minimum absolute atomic E-state index is 0.211. The molecule has 8 nitrogen and oxygen atoms in total. The van der Waals surface area contributed by atoms with Crippen LogP contribution in [0.4, 0.5) is 5.82 Å². The highest BCUT2D eigenvalue weighted by molar-refractivity contribution is 5.96. The smallest absolute Gasteiger partial charge is 0.259 e. The Labute approximate surface area is 152 Å². The van der Waals surface area contributed by atoms with Crippen LogP contribution in [-0.2, 0) is 0 Å².